The van der Waals surface area contributed by atoms with Crippen molar-refractivity contribution in [2.45, 2.75) is 56.0 Å². The third-order valence-electron chi connectivity index (χ3n) is 7.46. The Hall–Kier alpha value is -3.03. The Kier molecular flexibility index (Phi) is 4.20. The topological polar surface area (TPSA) is 54.1 Å². The van der Waals surface area contributed by atoms with Gasteiger partial charge >= 0.3 is 6.18 Å². The van der Waals surface area contributed by atoms with E-state index in [-0.39, 0.29) is 17.9 Å². The van der Waals surface area contributed by atoms with Gasteiger partial charge in [-0.05, 0) is 73.9 Å². The van der Waals surface area contributed by atoms with E-state index >= 15 is 0 Å². The molecule has 0 spiro atoms. The molecule has 4 fully saturated rings. The standard InChI is InChI=1S/C25H22F4N2O2/c26-24-11-23(12-24,13-24)22(32)31-21-10-30-20-6-5-17(9-19(20)21)33-18-7-15(8-18)14-1-3-16(4-2-14)25(27,28)29/h1-6,9-10,15,18,30H,7-8,11-13H2,(H,31,32)/t15-,18-,23?,24?. The number of hydrogen-bond acceptors (Lipinski definition) is 2. The predicted molar refractivity (Wildman–Crippen MR) is 115 cm³/mol. The quantitative estimate of drug-likeness (QED) is 0.438. The summed E-state index contributed by atoms with van der Waals surface area (Å²) in [5.41, 5.74) is 0.0744. The number of aromatic nitrogens is 1. The second kappa shape index (κ2) is 6.74. The summed E-state index contributed by atoms with van der Waals surface area (Å²) in [7, 11) is 0. The van der Waals surface area contributed by atoms with E-state index in [1.807, 2.05) is 18.2 Å². The Morgan fingerprint density at radius 3 is 2.39 bits per heavy atom. The molecular formula is C25H22F4N2O2. The number of benzene rings is 2. The van der Waals surface area contributed by atoms with Gasteiger partial charge in [-0.25, -0.2) is 4.39 Å². The number of rotatable bonds is 5. The number of fused-ring (bicyclic) bond motifs is 1. The van der Waals surface area contributed by atoms with E-state index in [2.05, 4.69) is 10.3 Å². The average molecular weight is 458 g/mol. The van der Waals surface area contributed by atoms with Crippen molar-refractivity contribution in [1.29, 1.82) is 0 Å². The van der Waals surface area contributed by atoms with Crippen LogP contribution < -0.4 is 10.1 Å². The van der Waals surface area contributed by atoms with E-state index < -0.39 is 22.8 Å². The molecule has 1 amide bonds. The summed E-state index contributed by atoms with van der Waals surface area (Å²) in [5, 5.41) is 3.76. The van der Waals surface area contributed by atoms with Crippen LogP contribution in [0.3, 0.4) is 0 Å². The number of aromatic amines is 1. The number of ether oxygens (including phenoxy) is 1. The zero-order valence-corrected chi connectivity index (χ0v) is 17.6. The number of alkyl halides is 4. The highest BCUT2D eigenvalue weighted by molar-refractivity contribution is 6.05. The normalized spacial score (nSPS) is 30.2. The fourth-order valence-corrected chi connectivity index (χ4v) is 5.51. The van der Waals surface area contributed by atoms with E-state index in [0.29, 0.717) is 30.7 Å². The summed E-state index contributed by atoms with van der Waals surface area (Å²) in [6.07, 6.45) is -0.229. The maximum atomic E-state index is 13.8. The lowest BCUT2D eigenvalue weighted by molar-refractivity contribution is -0.209. The summed E-state index contributed by atoms with van der Waals surface area (Å²) in [5.74, 6) is 0.712. The van der Waals surface area contributed by atoms with Crippen LogP contribution in [0.4, 0.5) is 23.2 Å². The second-order valence-corrected chi connectivity index (χ2v) is 9.85. The van der Waals surface area contributed by atoms with E-state index in [1.54, 1.807) is 18.3 Å². The molecule has 172 valence electrons. The molecule has 2 N–H and O–H groups in total. The van der Waals surface area contributed by atoms with Crippen molar-refractivity contribution in [3.8, 4) is 5.75 Å². The van der Waals surface area contributed by atoms with Crippen LogP contribution >= 0.6 is 0 Å². The van der Waals surface area contributed by atoms with Gasteiger partial charge in [0, 0.05) is 17.1 Å². The number of halogens is 4. The number of hydrogen-bond donors (Lipinski definition) is 2. The Labute approximate surface area is 187 Å². The smallest absolute Gasteiger partial charge is 0.416 e. The average Bonchev–Trinajstić information content (AvgIpc) is 3.08. The van der Waals surface area contributed by atoms with Gasteiger partial charge in [0.15, 0.2) is 0 Å². The number of amides is 1. The number of anilines is 1. The first kappa shape index (κ1) is 20.6. The van der Waals surface area contributed by atoms with Crippen LogP contribution in [-0.4, -0.2) is 22.7 Å². The molecule has 0 unspecified atom stereocenters. The first-order chi connectivity index (χ1) is 15.6. The van der Waals surface area contributed by atoms with Gasteiger partial charge in [0.25, 0.3) is 0 Å². The summed E-state index contributed by atoms with van der Waals surface area (Å²) in [4.78, 5) is 15.7. The van der Waals surface area contributed by atoms with Crippen molar-refractivity contribution >= 4 is 22.5 Å². The molecule has 2 aromatic carbocycles. The van der Waals surface area contributed by atoms with Crippen molar-refractivity contribution in [1.82, 2.24) is 4.98 Å². The molecule has 2 bridgehead atoms. The number of nitrogens with one attached hydrogen (secondary N) is 2. The van der Waals surface area contributed by atoms with Crippen LogP contribution in [0.1, 0.15) is 49.1 Å². The third kappa shape index (κ3) is 3.38. The molecule has 4 nitrogen and oxygen atoms in total. The molecule has 0 atom stereocenters. The van der Waals surface area contributed by atoms with Crippen molar-refractivity contribution in [3.05, 3.63) is 59.8 Å². The first-order valence-electron chi connectivity index (χ1n) is 11.1. The largest absolute Gasteiger partial charge is 0.490 e. The second-order valence-electron chi connectivity index (χ2n) is 9.85. The predicted octanol–water partition coefficient (Wildman–Crippen LogP) is 6.34. The van der Waals surface area contributed by atoms with Crippen LogP contribution in [0.2, 0.25) is 0 Å². The molecule has 33 heavy (non-hydrogen) atoms. The lowest BCUT2D eigenvalue weighted by Gasteiger charge is -2.64. The van der Waals surface area contributed by atoms with E-state index in [1.165, 1.54) is 0 Å². The monoisotopic (exact) mass is 458 g/mol. The van der Waals surface area contributed by atoms with Gasteiger partial charge in [-0.1, -0.05) is 12.1 Å². The van der Waals surface area contributed by atoms with Crippen molar-refractivity contribution < 1.29 is 27.1 Å². The van der Waals surface area contributed by atoms with Gasteiger partial charge in [-0.2, -0.15) is 13.2 Å². The molecule has 4 aliphatic carbocycles. The lowest BCUT2D eigenvalue weighted by atomic mass is 9.42. The van der Waals surface area contributed by atoms with Crippen LogP contribution in [0.25, 0.3) is 10.9 Å². The number of H-pyrrole nitrogens is 1. The summed E-state index contributed by atoms with van der Waals surface area (Å²) >= 11 is 0. The summed E-state index contributed by atoms with van der Waals surface area (Å²) in [6, 6.07) is 10.9. The molecule has 1 heterocycles. The van der Waals surface area contributed by atoms with Gasteiger partial charge in [-0.15, -0.1) is 0 Å². The third-order valence-corrected chi connectivity index (χ3v) is 7.46. The summed E-state index contributed by atoms with van der Waals surface area (Å²) < 4.78 is 58.1. The minimum absolute atomic E-state index is 0.0201. The van der Waals surface area contributed by atoms with Crippen molar-refractivity contribution in [2.24, 2.45) is 5.41 Å². The molecule has 4 aliphatic rings. The SMILES string of the molecule is O=C(Nc1c[nH]c2ccc(O[C@H]3C[C@H](c4ccc(C(F)(F)F)cc4)C3)cc12)C12CC(F)(C1)C2. The highest BCUT2D eigenvalue weighted by atomic mass is 19.4. The fraction of sp³-hybridized carbons (Fsp3) is 0.400. The zero-order chi connectivity index (χ0) is 23.0. The van der Waals surface area contributed by atoms with Crippen LogP contribution in [0.5, 0.6) is 5.75 Å². The van der Waals surface area contributed by atoms with E-state index in [9.17, 15) is 22.4 Å². The zero-order valence-electron chi connectivity index (χ0n) is 17.6. The minimum Gasteiger partial charge on any atom is -0.490 e. The molecular weight excluding hydrogens is 436 g/mol. The highest BCUT2D eigenvalue weighted by Gasteiger charge is 2.72. The van der Waals surface area contributed by atoms with E-state index in [0.717, 1.165) is 41.4 Å². The Bertz CT molecular complexity index is 1220. The molecule has 1 aromatic heterocycles. The van der Waals surface area contributed by atoms with E-state index in [4.69, 9.17) is 4.74 Å². The van der Waals surface area contributed by atoms with Crippen molar-refractivity contribution in [2.75, 3.05) is 5.32 Å². The molecule has 4 saturated carbocycles. The molecule has 8 heteroatoms. The number of carbonyl (C=O) groups is 1. The maximum Gasteiger partial charge on any atom is 0.416 e. The first-order valence-corrected chi connectivity index (χ1v) is 11.1. The van der Waals surface area contributed by atoms with Gasteiger partial charge in [-0.3, -0.25) is 4.79 Å². The Balaban J connectivity index is 1.09. The number of carbonyl (C=O) groups excluding carboxylic acids is 1. The fourth-order valence-electron chi connectivity index (χ4n) is 5.51. The molecule has 0 radical (unpaired) electrons. The molecule has 0 saturated heterocycles. The van der Waals surface area contributed by atoms with Crippen LogP contribution in [0.15, 0.2) is 48.7 Å². The Morgan fingerprint density at radius 1 is 1.06 bits per heavy atom. The molecule has 7 rings (SSSR count). The lowest BCUT2D eigenvalue weighted by Crippen LogP contribution is -2.68. The molecule has 0 aliphatic heterocycles. The summed E-state index contributed by atoms with van der Waals surface area (Å²) in [6.45, 7) is 0. The maximum absolute atomic E-state index is 13.8. The van der Waals surface area contributed by atoms with Gasteiger partial charge in [0.2, 0.25) is 5.91 Å². The minimum atomic E-state index is -4.33. The highest BCUT2D eigenvalue weighted by Crippen LogP contribution is 2.69. The Morgan fingerprint density at radius 2 is 1.76 bits per heavy atom. The van der Waals surface area contributed by atoms with Gasteiger partial charge < -0.3 is 15.0 Å². The van der Waals surface area contributed by atoms with Crippen molar-refractivity contribution in [3.63, 3.8) is 0 Å². The van der Waals surface area contributed by atoms with Gasteiger partial charge in [0.1, 0.15) is 11.4 Å². The van der Waals surface area contributed by atoms with Gasteiger partial charge in [0.05, 0.1) is 22.8 Å². The van der Waals surface area contributed by atoms with Crippen LogP contribution in [0, 0.1) is 5.41 Å². The van der Waals surface area contributed by atoms with Crippen LogP contribution in [-0.2, 0) is 11.0 Å². The molecule has 3 aromatic rings.